The fraction of sp³-hybridized carbons (Fsp3) is 0. The molecule has 1 nitrogen and oxygen atoms in total. The summed E-state index contributed by atoms with van der Waals surface area (Å²) < 4.78 is 5.86. The lowest BCUT2D eigenvalue weighted by atomic mass is 9.97. The molecule has 0 spiro atoms. The fourth-order valence-corrected chi connectivity index (χ4v) is 2.75. The smallest absolute Gasteiger partial charge is 0.142 e. The third-order valence-corrected chi connectivity index (χ3v) is 3.77. The van der Waals surface area contributed by atoms with Gasteiger partial charge in [0.1, 0.15) is 5.76 Å². The Morgan fingerprint density at radius 2 is 1.24 bits per heavy atom. The van der Waals surface area contributed by atoms with Crippen molar-refractivity contribution in [1.82, 2.24) is 0 Å². The van der Waals surface area contributed by atoms with Crippen LogP contribution in [0.3, 0.4) is 0 Å². The van der Waals surface area contributed by atoms with Crippen LogP contribution in [0.1, 0.15) is 0 Å². The van der Waals surface area contributed by atoms with E-state index in [1.165, 1.54) is 11.1 Å². The van der Waals surface area contributed by atoms with Crippen LogP contribution >= 0.6 is 0 Å². The predicted molar refractivity (Wildman–Crippen MR) is 87.1 cm³/mol. The Hall–Kier alpha value is -2.80. The Balaban J connectivity index is 1.98. The molecular formula is C20H14O. The van der Waals surface area contributed by atoms with Gasteiger partial charge in [0.25, 0.3) is 0 Å². The lowest BCUT2D eigenvalue weighted by Crippen LogP contribution is -1.83. The number of rotatable bonds is 2. The first-order chi connectivity index (χ1) is 10.4. The first kappa shape index (κ1) is 12.0. The number of furan rings is 1. The van der Waals surface area contributed by atoms with Gasteiger partial charge in [-0.2, -0.15) is 0 Å². The molecule has 0 radical (unpaired) electrons. The van der Waals surface area contributed by atoms with Crippen molar-refractivity contribution in [3.8, 4) is 22.5 Å². The standard InChI is InChI=1S/C20H14O/c1-2-8-15(9-3-1)17-11-6-7-13-19(17)20-18-12-5-4-10-16(18)14-21-20/h1-14H. The summed E-state index contributed by atoms with van der Waals surface area (Å²) in [4.78, 5) is 0. The molecule has 0 aliphatic heterocycles. The Morgan fingerprint density at radius 3 is 2.10 bits per heavy atom. The molecule has 0 aliphatic rings. The summed E-state index contributed by atoms with van der Waals surface area (Å²) in [5, 5.41) is 2.29. The maximum Gasteiger partial charge on any atom is 0.142 e. The number of fused-ring (bicyclic) bond motifs is 1. The van der Waals surface area contributed by atoms with E-state index in [2.05, 4.69) is 60.7 Å². The Kier molecular flexibility index (Phi) is 2.82. The lowest BCUT2D eigenvalue weighted by molar-refractivity contribution is 0.587. The van der Waals surface area contributed by atoms with Crippen molar-refractivity contribution in [2.75, 3.05) is 0 Å². The molecule has 4 rings (SSSR count). The van der Waals surface area contributed by atoms with Crippen LogP contribution in [-0.4, -0.2) is 0 Å². The van der Waals surface area contributed by atoms with E-state index >= 15 is 0 Å². The predicted octanol–water partition coefficient (Wildman–Crippen LogP) is 5.77. The summed E-state index contributed by atoms with van der Waals surface area (Å²) in [6.07, 6.45) is 1.83. The van der Waals surface area contributed by atoms with Crippen LogP contribution in [0.4, 0.5) is 0 Å². The molecule has 0 bridgehead atoms. The first-order valence-electron chi connectivity index (χ1n) is 7.04. The SMILES string of the molecule is c1ccc(-c2ccccc2-c2occ3ccccc23)cc1. The molecule has 0 saturated heterocycles. The second kappa shape index (κ2) is 4.95. The third-order valence-electron chi connectivity index (χ3n) is 3.77. The Bertz CT molecular complexity index is 888. The van der Waals surface area contributed by atoms with Crippen molar-refractivity contribution in [3.05, 3.63) is 85.1 Å². The van der Waals surface area contributed by atoms with E-state index < -0.39 is 0 Å². The zero-order chi connectivity index (χ0) is 14.1. The molecule has 0 fully saturated rings. The van der Waals surface area contributed by atoms with E-state index in [0.717, 1.165) is 22.1 Å². The minimum absolute atomic E-state index is 0.935. The van der Waals surface area contributed by atoms with Crippen LogP contribution in [-0.2, 0) is 0 Å². The highest BCUT2D eigenvalue weighted by Gasteiger charge is 2.12. The first-order valence-corrected chi connectivity index (χ1v) is 7.04. The topological polar surface area (TPSA) is 13.1 Å². The average molecular weight is 270 g/mol. The summed E-state index contributed by atoms with van der Waals surface area (Å²) in [5.74, 6) is 0.935. The second-order valence-corrected chi connectivity index (χ2v) is 5.06. The summed E-state index contributed by atoms with van der Waals surface area (Å²) in [7, 11) is 0. The molecule has 3 aromatic carbocycles. The normalized spacial score (nSPS) is 10.9. The molecule has 1 aromatic heterocycles. The molecule has 1 heteroatoms. The van der Waals surface area contributed by atoms with Crippen LogP contribution in [0.5, 0.6) is 0 Å². The van der Waals surface area contributed by atoms with E-state index in [0.29, 0.717) is 0 Å². The van der Waals surface area contributed by atoms with Gasteiger partial charge in [-0.05, 0) is 11.1 Å². The van der Waals surface area contributed by atoms with Gasteiger partial charge in [0.05, 0.1) is 6.26 Å². The van der Waals surface area contributed by atoms with Gasteiger partial charge < -0.3 is 4.42 Å². The van der Waals surface area contributed by atoms with Crippen LogP contribution in [0.25, 0.3) is 33.2 Å². The zero-order valence-electron chi connectivity index (χ0n) is 11.5. The fourth-order valence-electron chi connectivity index (χ4n) is 2.75. The van der Waals surface area contributed by atoms with E-state index in [9.17, 15) is 0 Å². The van der Waals surface area contributed by atoms with Gasteiger partial charge in [0.2, 0.25) is 0 Å². The van der Waals surface area contributed by atoms with Crippen molar-refractivity contribution in [1.29, 1.82) is 0 Å². The van der Waals surface area contributed by atoms with E-state index in [4.69, 9.17) is 4.42 Å². The minimum Gasteiger partial charge on any atom is -0.463 e. The van der Waals surface area contributed by atoms with Gasteiger partial charge in [-0.3, -0.25) is 0 Å². The van der Waals surface area contributed by atoms with Gasteiger partial charge in [0.15, 0.2) is 0 Å². The third kappa shape index (κ3) is 2.03. The highest BCUT2D eigenvalue weighted by Crippen LogP contribution is 2.36. The Morgan fingerprint density at radius 1 is 0.571 bits per heavy atom. The van der Waals surface area contributed by atoms with Crippen LogP contribution in [0.15, 0.2) is 89.5 Å². The quantitative estimate of drug-likeness (QED) is 0.451. The zero-order valence-corrected chi connectivity index (χ0v) is 11.5. The highest BCUT2D eigenvalue weighted by atomic mass is 16.3. The summed E-state index contributed by atoms with van der Waals surface area (Å²) in [5.41, 5.74) is 3.52. The molecule has 0 amide bonds. The molecule has 21 heavy (non-hydrogen) atoms. The van der Waals surface area contributed by atoms with E-state index in [1.807, 2.05) is 24.5 Å². The largest absolute Gasteiger partial charge is 0.463 e. The van der Waals surface area contributed by atoms with Crippen molar-refractivity contribution >= 4 is 10.8 Å². The highest BCUT2D eigenvalue weighted by molar-refractivity contribution is 5.97. The molecule has 1 heterocycles. The minimum atomic E-state index is 0.935. The monoisotopic (exact) mass is 270 g/mol. The molecule has 4 aromatic rings. The Labute approximate surface area is 123 Å². The lowest BCUT2D eigenvalue weighted by Gasteiger charge is -2.08. The summed E-state index contributed by atoms with van der Waals surface area (Å²) in [6, 6.07) is 27.1. The van der Waals surface area contributed by atoms with Crippen molar-refractivity contribution < 1.29 is 4.42 Å². The number of hydrogen-bond acceptors (Lipinski definition) is 1. The molecule has 0 N–H and O–H groups in total. The van der Waals surface area contributed by atoms with Crippen LogP contribution in [0, 0.1) is 0 Å². The molecule has 100 valence electrons. The molecule has 0 saturated carbocycles. The molecule has 0 atom stereocenters. The van der Waals surface area contributed by atoms with Gasteiger partial charge in [-0.1, -0.05) is 78.9 Å². The second-order valence-electron chi connectivity index (χ2n) is 5.06. The van der Waals surface area contributed by atoms with Crippen molar-refractivity contribution in [3.63, 3.8) is 0 Å². The van der Waals surface area contributed by atoms with Crippen LogP contribution < -0.4 is 0 Å². The molecular weight excluding hydrogens is 256 g/mol. The van der Waals surface area contributed by atoms with Gasteiger partial charge >= 0.3 is 0 Å². The summed E-state index contributed by atoms with van der Waals surface area (Å²) >= 11 is 0. The van der Waals surface area contributed by atoms with Crippen LogP contribution in [0.2, 0.25) is 0 Å². The van der Waals surface area contributed by atoms with Crippen molar-refractivity contribution in [2.45, 2.75) is 0 Å². The summed E-state index contributed by atoms with van der Waals surface area (Å²) in [6.45, 7) is 0. The maximum atomic E-state index is 5.86. The van der Waals surface area contributed by atoms with Gasteiger partial charge in [0, 0.05) is 16.3 Å². The molecule has 0 unspecified atom stereocenters. The van der Waals surface area contributed by atoms with Crippen molar-refractivity contribution in [2.24, 2.45) is 0 Å². The number of benzene rings is 3. The number of hydrogen-bond donors (Lipinski definition) is 0. The average Bonchev–Trinajstić information content (AvgIpc) is 3.00. The van der Waals surface area contributed by atoms with Gasteiger partial charge in [-0.25, -0.2) is 0 Å². The van der Waals surface area contributed by atoms with Gasteiger partial charge in [-0.15, -0.1) is 0 Å². The van der Waals surface area contributed by atoms with E-state index in [-0.39, 0.29) is 0 Å². The maximum absolute atomic E-state index is 5.86. The molecule has 0 aliphatic carbocycles. The van der Waals surface area contributed by atoms with E-state index in [1.54, 1.807) is 0 Å².